The van der Waals surface area contributed by atoms with Crippen LogP contribution < -0.4 is 25.7 Å². The predicted octanol–water partition coefficient (Wildman–Crippen LogP) is 2.21. The van der Waals surface area contributed by atoms with Crippen molar-refractivity contribution in [2.45, 2.75) is 62.6 Å². The van der Waals surface area contributed by atoms with Gasteiger partial charge < -0.3 is 34.9 Å². The van der Waals surface area contributed by atoms with Crippen LogP contribution in [0.2, 0.25) is 0 Å². The number of anilines is 1. The summed E-state index contributed by atoms with van der Waals surface area (Å²) in [5.74, 6) is 1.43. The summed E-state index contributed by atoms with van der Waals surface area (Å²) in [4.78, 5) is 36.4. The molecule has 3 aromatic heterocycles. The molecule has 11 heteroatoms. The van der Waals surface area contributed by atoms with Crippen LogP contribution in [0.5, 0.6) is 11.5 Å². The molecule has 0 atom stereocenters. The fourth-order valence-electron chi connectivity index (χ4n) is 5.68. The topological polar surface area (TPSA) is 148 Å². The third-order valence-electron chi connectivity index (χ3n) is 8.12. The number of hydrogen-bond donors (Lipinski definition) is 4. The molecule has 1 amide bonds. The maximum absolute atomic E-state index is 12.8. The number of aliphatic hydroxyl groups excluding tert-OH is 1. The molecule has 7 rings (SSSR count). The minimum atomic E-state index is -0.214. The standard InChI is InChI=1S/C28H33N5O6/c34-10-1-11-37-20-13-22-21(29-15-20)12-18(26(36)32-22)4-5-28-8-6-27(7-9-28,17-39-28)30-14-19-2-3-23-25(31-19)33-24(35)16-38-23/h2-3,12-13,15,30,34H,1,4-11,14,16-17H2,(H,32,36)(H,31,33,35). The molecule has 3 aromatic rings. The summed E-state index contributed by atoms with van der Waals surface area (Å²) in [7, 11) is 0. The molecule has 2 saturated heterocycles. The van der Waals surface area contributed by atoms with E-state index in [0.29, 0.717) is 61.0 Å². The number of hydrogen-bond acceptors (Lipinski definition) is 9. The molecule has 0 aromatic carbocycles. The van der Waals surface area contributed by atoms with Crippen LogP contribution in [0, 0.1) is 0 Å². The number of fused-ring (bicyclic) bond motifs is 5. The third-order valence-corrected chi connectivity index (χ3v) is 8.12. The Morgan fingerprint density at radius 2 is 2.03 bits per heavy atom. The minimum absolute atomic E-state index is 0.0175. The van der Waals surface area contributed by atoms with Crippen LogP contribution in [0.15, 0.2) is 35.3 Å². The van der Waals surface area contributed by atoms with E-state index >= 15 is 0 Å². The Morgan fingerprint density at radius 3 is 2.82 bits per heavy atom. The van der Waals surface area contributed by atoms with E-state index in [0.717, 1.165) is 43.3 Å². The Balaban J connectivity index is 1.05. The van der Waals surface area contributed by atoms with E-state index in [2.05, 4.69) is 25.6 Å². The maximum atomic E-state index is 12.8. The lowest BCUT2D eigenvalue weighted by molar-refractivity contribution is -0.165. The molecule has 11 nitrogen and oxygen atoms in total. The Kier molecular flexibility index (Phi) is 6.96. The summed E-state index contributed by atoms with van der Waals surface area (Å²) in [5, 5.41) is 15.3. The summed E-state index contributed by atoms with van der Waals surface area (Å²) in [6, 6.07) is 7.39. The van der Waals surface area contributed by atoms with Gasteiger partial charge in [0.05, 0.1) is 41.7 Å². The Labute approximate surface area is 225 Å². The highest BCUT2D eigenvalue weighted by Gasteiger charge is 2.49. The van der Waals surface area contributed by atoms with Gasteiger partial charge in [-0.15, -0.1) is 0 Å². The molecular weight excluding hydrogens is 502 g/mol. The van der Waals surface area contributed by atoms with E-state index < -0.39 is 0 Å². The molecule has 1 saturated carbocycles. The van der Waals surface area contributed by atoms with E-state index in [4.69, 9.17) is 19.3 Å². The number of aliphatic hydroxyl groups is 1. The molecule has 39 heavy (non-hydrogen) atoms. The van der Waals surface area contributed by atoms with Crippen LogP contribution in [0.1, 0.15) is 49.8 Å². The lowest BCUT2D eigenvalue weighted by Crippen LogP contribution is -2.61. The first-order chi connectivity index (χ1) is 18.9. The minimum Gasteiger partial charge on any atom is -0.492 e. The van der Waals surface area contributed by atoms with Crippen LogP contribution in [0.4, 0.5) is 5.82 Å². The van der Waals surface area contributed by atoms with Crippen molar-refractivity contribution in [2.24, 2.45) is 0 Å². The van der Waals surface area contributed by atoms with Crippen LogP contribution in [0.3, 0.4) is 0 Å². The predicted molar refractivity (Wildman–Crippen MR) is 143 cm³/mol. The van der Waals surface area contributed by atoms with Gasteiger partial charge in [-0.05, 0) is 56.7 Å². The lowest BCUT2D eigenvalue weighted by atomic mass is 9.69. The number of carbonyl (C=O) groups excluding carboxylic acids is 1. The van der Waals surface area contributed by atoms with Gasteiger partial charge >= 0.3 is 0 Å². The first kappa shape index (κ1) is 25.7. The molecule has 0 spiro atoms. The van der Waals surface area contributed by atoms with Gasteiger partial charge in [0.2, 0.25) is 0 Å². The number of H-pyrrole nitrogens is 1. The van der Waals surface area contributed by atoms with Gasteiger partial charge in [0.15, 0.2) is 18.2 Å². The summed E-state index contributed by atoms with van der Waals surface area (Å²) < 4.78 is 17.4. The maximum Gasteiger partial charge on any atom is 0.263 e. The molecule has 3 aliphatic heterocycles. The van der Waals surface area contributed by atoms with Gasteiger partial charge in [-0.3, -0.25) is 14.6 Å². The smallest absolute Gasteiger partial charge is 0.263 e. The van der Waals surface area contributed by atoms with Crippen molar-refractivity contribution in [3.63, 3.8) is 0 Å². The molecule has 206 valence electrons. The van der Waals surface area contributed by atoms with Crippen LogP contribution in [0.25, 0.3) is 11.0 Å². The molecule has 6 heterocycles. The summed E-state index contributed by atoms with van der Waals surface area (Å²) >= 11 is 0. The molecule has 3 fully saturated rings. The second kappa shape index (κ2) is 10.6. The van der Waals surface area contributed by atoms with Crippen molar-refractivity contribution in [3.05, 3.63) is 52.1 Å². The first-order valence-corrected chi connectivity index (χ1v) is 13.5. The van der Waals surface area contributed by atoms with Gasteiger partial charge in [0, 0.05) is 36.7 Å². The second-order valence-electron chi connectivity index (χ2n) is 10.7. The van der Waals surface area contributed by atoms with Gasteiger partial charge in [0.25, 0.3) is 11.5 Å². The fraction of sp³-hybridized carbons (Fsp3) is 0.500. The molecule has 0 radical (unpaired) electrons. The van der Waals surface area contributed by atoms with Gasteiger partial charge in [-0.25, -0.2) is 4.98 Å². The summed E-state index contributed by atoms with van der Waals surface area (Å²) in [6.45, 7) is 1.67. The number of pyridine rings is 3. The van der Waals surface area contributed by atoms with Crippen molar-refractivity contribution < 1.29 is 24.1 Å². The second-order valence-corrected chi connectivity index (χ2v) is 10.7. The molecule has 1 aliphatic carbocycles. The van der Waals surface area contributed by atoms with E-state index in [1.807, 2.05) is 18.2 Å². The first-order valence-electron chi connectivity index (χ1n) is 13.5. The number of carbonyl (C=O) groups is 1. The average Bonchev–Trinajstić information content (AvgIpc) is 2.96. The monoisotopic (exact) mass is 535 g/mol. The third kappa shape index (κ3) is 5.47. The van der Waals surface area contributed by atoms with E-state index in [1.54, 1.807) is 12.3 Å². The lowest BCUT2D eigenvalue weighted by Gasteiger charge is -2.53. The average molecular weight is 536 g/mol. The van der Waals surface area contributed by atoms with Crippen LogP contribution in [-0.4, -0.2) is 63.5 Å². The normalized spacial score (nSPS) is 23.8. The SMILES string of the molecule is O=C1COc2ccc(CNC34CCC(CCc5cc6ncc(OCCCO)cc6[nH]c5=O)(CC3)OC4)nc2N1. The number of aromatic nitrogens is 3. The molecular formula is C28H33N5O6. The van der Waals surface area contributed by atoms with Gasteiger partial charge in [0.1, 0.15) is 5.75 Å². The molecule has 4 aliphatic rings. The zero-order valence-electron chi connectivity index (χ0n) is 21.8. The number of aryl methyl sites for hydroxylation is 1. The van der Waals surface area contributed by atoms with Crippen molar-refractivity contribution >= 4 is 22.8 Å². The van der Waals surface area contributed by atoms with Crippen molar-refractivity contribution in [2.75, 3.05) is 31.7 Å². The highest BCUT2D eigenvalue weighted by Crippen LogP contribution is 2.46. The number of nitrogens with one attached hydrogen (secondary N) is 3. The number of ether oxygens (including phenoxy) is 3. The Bertz CT molecular complexity index is 1420. The number of amides is 1. The van der Waals surface area contributed by atoms with E-state index in [9.17, 15) is 9.59 Å². The summed E-state index contributed by atoms with van der Waals surface area (Å²) in [6.07, 6.45) is 7.43. The van der Waals surface area contributed by atoms with E-state index in [1.165, 1.54) is 0 Å². The number of nitrogens with zero attached hydrogens (tertiary/aromatic N) is 2. The number of aromatic amines is 1. The van der Waals surface area contributed by atoms with Crippen LogP contribution >= 0.6 is 0 Å². The van der Waals surface area contributed by atoms with Crippen LogP contribution in [-0.2, 0) is 22.5 Å². The van der Waals surface area contributed by atoms with Crippen molar-refractivity contribution in [1.29, 1.82) is 0 Å². The number of rotatable bonds is 10. The van der Waals surface area contributed by atoms with Gasteiger partial charge in [-0.1, -0.05) is 0 Å². The Hall–Kier alpha value is -3.54. The largest absolute Gasteiger partial charge is 0.492 e. The molecule has 2 bridgehead atoms. The fourth-order valence-corrected chi connectivity index (χ4v) is 5.68. The zero-order valence-corrected chi connectivity index (χ0v) is 21.8. The van der Waals surface area contributed by atoms with Crippen molar-refractivity contribution in [3.8, 4) is 11.5 Å². The van der Waals surface area contributed by atoms with E-state index in [-0.39, 0.29) is 35.8 Å². The zero-order chi connectivity index (χ0) is 26.9. The quantitative estimate of drug-likeness (QED) is 0.287. The van der Waals surface area contributed by atoms with Gasteiger partial charge in [-0.2, -0.15) is 0 Å². The molecule has 0 unspecified atom stereocenters. The van der Waals surface area contributed by atoms with Crippen molar-refractivity contribution in [1.82, 2.24) is 20.3 Å². The summed E-state index contributed by atoms with van der Waals surface area (Å²) in [5.41, 5.74) is 2.47. The Morgan fingerprint density at radius 1 is 1.15 bits per heavy atom. The highest BCUT2D eigenvalue weighted by molar-refractivity contribution is 5.94. The highest BCUT2D eigenvalue weighted by atomic mass is 16.5. The molecule has 4 N–H and O–H groups in total.